The first-order valence-electron chi connectivity index (χ1n) is 4.78. The Balaban J connectivity index is 2.06. The molecule has 2 heterocycles. The summed E-state index contributed by atoms with van der Waals surface area (Å²) in [6, 6.07) is 3.83. The molecule has 0 amide bonds. The number of hydrogen-bond donors (Lipinski definition) is 1. The summed E-state index contributed by atoms with van der Waals surface area (Å²) in [4.78, 5) is 2.20. The van der Waals surface area contributed by atoms with E-state index in [1.54, 1.807) is 6.26 Å². The lowest BCUT2D eigenvalue weighted by molar-refractivity contribution is 0.0589. The predicted molar refractivity (Wildman–Crippen MR) is 57.4 cm³/mol. The highest BCUT2D eigenvalue weighted by molar-refractivity contribution is 7.99. The highest BCUT2D eigenvalue weighted by Gasteiger charge is 2.28. The van der Waals surface area contributed by atoms with Crippen molar-refractivity contribution in [3.63, 3.8) is 0 Å². The molecule has 4 heteroatoms. The third-order valence-corrected chi connectivity index (χ3v) is 3.69. The maximum absolute atomic E-state index is 10.1. The summed E-state index contributed by atoms with van der Waals surface area (Å²) in [5, 5.41) is 10.1. The number of thioether (sulfide) groups is 1. The maximum atomic E-state index is 10.1. The second-order valence-electron chi connectivity index (χ2n) is 3.58. The number of nitrogens with zero attached hydrogens (tertiary/aromatic N) is 1. The summed E-state index contributed by atoms with van der Waals surface area (Å²) >= 11 is 1.89. The number of aliphatic hydroxyl groups excluding tert-OH is 1. The molecule has 1 N–H and O–H groups in total. The molecule has 78 valence electrons. The summed E-state index contributed by atoms with van der Waals surface area (Å²) in [6.45, 7) is 1.03. The lowest BCUT2D eigenvalue weighted by atomic mass is 10.1. The molecule has 1 aliphatic rings. The fourth-order valence-corrected chi connectivity index (χ4v) is 2.95. The largest absolute Gasteiger partial charge is 0.467 e. The van der Waals surface area contributed by atoms with Gasteiger partial charge in [-0.2, -0.15) is 11.8 Å². The van der Waals surface area contributed by atoms with Gasteiger partial charge < -0.3 is 9.52 Å². The highest BCUT2D eigenvalue weighted by Crippen LogP contribution is 2.26. The zero-order chi connectivity index (χ0) is 9.97. The molecule has 1 aliphatic heterocycles. The number of likely N-dealkylation sites (N-methyl/N-ethyl adjacent to an activating group) is 1. The molecule has 3 nitrogen and oxygen atoms in total. The van der Waals surface area contributed by atoms with Crippen molar-refractivity contribution < 1.29 is 9.52 Å². The predicted octanol–water partition coefficient (Wildman–Crippen LogP) is 1.36. The Kier molecular flexibility index (Phi) is 3.15. The van der Waals surface area contributed by atoms with Gasteiger partial charge in [0.1, 0.15) is 11.9 Å². The first kappa shape index (κ1) is 10.1. The zero-order valence-electron chi connectivity index (χ0n) is 8.22. The first-order chi connectivity index (χ1) is 6.79. The van der Waals surface area contributed by atoms with Crippen LogP contribution in [-0.4, -0.2) is 41.1 Å². The van der Waals surface area contributed by atoms with Gasteiger partial charge >= 0.3 is 0 Å². The molecule has 14 heavy (non-hydrogen) atoms. The van der Waals surface area contributed by atoms with E-state index in [9.17, 15) is 5.11 Å². The minimum atomic E-state index is -0.497. The average molecular weight is 213 g/mol. The fourth-order valence-electron chi connectivity index (χ4n) is 1.69. The van der Waals surface area contributed by atoms with Crippen LogP contribution in [-0.2, 0) is 0 Å². The summed E-state index contributed by atoms with van der Waals surface area (Å²) < 4.78 is 5.21. The Morgan fingerprint density at radius 1 is 1.71 bits per heavy atom. The third-order valence-electron chi connectivity index (χ3n) is 2.64. The van der Waals surface area contributed by atoms with Crippen molar-refractivity contribution in [1.82, 2.24) is 4.90 Å². The van der Waals surface area contributed by atoms with E-state index in [2.05, 4.69) is 11.9 Å². The minimum absolute atomic E-state index is 0.180. The summed E-state index contributed by atoms with van der Waals surface area (Å²) in [5.74, 6) is 2.79. The zero-order valence-corrected chi connectivity index (χ0v) is 9.04. The van der Waals surface area contributed by atoms with Crippen molar-refractivity contribution in [3.05, 3.63) is 24.2 Å². The Bertz CT molecular complexity index is 276. The first-order valence-corrected chi connectivity index (χ1v) is 5.94. The van der Waals surface area contributed by atoms with Crippen LogP contribution in [0.4, 0.5) is 0 Å². The molecule has 1 aromatic rings. The molecule has 0 aromatic carbocycles. The Morgan fingerprint density at radius 2 is 2.57 bits per heavy atom. The van der Waals surface area contributed by atoms with Crippen LogP contribution in [0, 0.1) is 0 Å². The molecule has 1 aromatic heterocycles. The van der Waals surface area contributed by atoms with Gasteiger partial charge in [-0.1, -0.05) is 0 Å². The molecule has 0 aliphatic carbocycles. The maximum Gasteiger partial charge on any atom is 0.133 e. The van der Waals surface area contributed by atoms with Crippen LogP contribution in [0.1, 0.15) is 11.9 Å². The van der Waals surface area contributed by atoms with E-state index in [0.29, 0.717) is 5.76 Å². The Hall–Kier alpha value is -0.450. The topological polar surface area (TPSA) is 36.6 Å². The van der Waals surface area contributed by atoms with E-state index in [1.807, 2.05) is 23.9 Å². The van der Waals surface area contributed by atoms with Crippen LogP contribution in [0.25, 0.3) is 0 Å². The van der Waals surface area contributed by atoms with Crippen molar-refractivity contribution in [2.45, 2.75) is 12.1 Å². The second-order valence-corrected chi connectivity index (χ2v) is 4.73. The molecule has 1 saturated heterocycles. The second kappa shape index (κ2) is 4.38. The van der Waals surface area contributed by atoms with Crippen LogP contribution in [0.2, 0.25) is 0 Å². The van der Waals surface area contributed by atoms with Crippen LogP contribution in [0.3, 0.4) is 0 Å². The van der Waals surface area contributed by atoms with Crippen LogP contribution in [0.15, 0.2) is 22.8 Å². The molecule has 0 bridgehead atoms. The van der Waals surface area contributed by atoms with Gasteiger partial charge in [0.05, 0.1) is 12.3 Å². The van der Waals surface area contributed by atoms with Crippen molar-refractivity contribution in [3.8, 4) is 0 Å². The SMILES string of the molecule is CN1CCSCC1C(O)c1ccco1. The van der Waals surface area contributed by atoms with E-state index in [1.165, 1.54) is 0 Å². The lowest BCUT2D eigenvalue weighted by Gasteiger charge is -2.34. The van der Waals surface area contributed by atoms with Gasteiger partial charge in [-0.15, -0.1) is 0 Å². The molecule has 0 radical (unpaired) electrons. The van der Waals surface area contributed by atoms with Crippen molar-refractivity contribution in [2.75, 3.05) is 25.1 Å². The molecule has 2 rings (SSSR count). The van der Waals surface area contributed by atoms with Gasteiger partial charge in [-0.25, -0.2) is 0 Å². The number of rotatable bonds is 2. The number of furan rings is 1. The molecule has 1 fully saturated rings. The quantitative estimate of drug-likeness (QED) is 0.805. The van der Waals surface area contributed by atoms with Gasteiger partial charge in [0.25, 0.3) is 0 Å². The van der Waals surface area contributed by atoms with Gasteiger partial charge in [-0.05, 0) is 19.2 Å². The van der Waals surface area contributed by atoms with E-state index in [4.69, 9.17) is 4.42 Å². The van der Waals surface area contributed by atoms with E-state index in [0.717, 1.165) is 18.1 Å². The van der Waals surface area contributed by atoms with Crippen LogP contribution in [0.5, 0.6) is 0 Å². The Labute approximate surface area is 88.1 Å². The third kappa shape index (κ3) is 1.97. The summed E-state index contributed by atoms with van der Waals surface area (Å²) in [5.41, 5.74) is 0. The molecule has 0 spiro atoms. The number of hydrogen-bond acceptors (Lipinski definition) is 4. The minimum Gasteiger partial charge on any atom is -0.467 e. The van der Waals surface area contributed by atoms with Crippen LogP contribution < -0.4 is 0 Å². The number of aliphatic hydroxyl groups is 1. The van der Waals surface area contributed by atoms with Gasteiger partial charge in [0.2, 0.25) is 0 Å². The summed E-state index contributed by atoms with van der Waals surface area (Å²) in [7, 11) is 2.05. The molecule has 0 saturated carbocycles. The fraction of sp³-hybridized carbons (Fsp3) is 0.600. The normalized spacial score (nSPS) is 26.3. The van der Waals surface area contributed by atoms with Crippen LogP contribution >= 0.6 is 11.8 Å². The van der Waals surface area contributed by atoms with Crippen molar-refractivity contribution in [2.24, 2.45) is 0 Å². The van der Waals surface area contributed by atoms with E-state index >= 15 is 0 Å². The van der Waals surface area contributed by atoms with Gasteiger partial charge in [0, 0.05) is 18.1 Å². The monoisotopic (exact) mass is 213 g/mol. The summed E-state index contributed by atoms with van der Waals surface area (Å²) in [6.07, 6.45) is 1.11. The molecular weight excluding hydrogens is 198 g/mol. The lowest BCUT2D eigenvalue weighted by Crippen LogP contribution is -2.43. The average Bonchev–Trinajstić information content (AvgIpc) is 2.70. The molecular formula is C10H15NO2S. The molecule has 2 atom stereocenters. The highest BCUT2D eigenvalue weighted by atomic mass is 32.2. The molecule has 2 unspecified atom stereocenters. The van der Waals surface area contributed by atoms with Gasteiger partial charge in [-0.3, -0.25) is 4.90 Å². The van der Waals surface area contributed by atoms with E-state index < -0.39 is 6.10 Å². The Morgan fingerprint density at radius 3 is 3.21 bits per heavy atom. The smallest absolute Gasteiger partial charge is 0.133 e. The van der Waals surface area contributed by atoms with Crippen molar-refractivity contribution >= 4 is 11.8 Å². The van der Waals surface area contributed by atoms with E-state index in [-0.39, 0.29) is 6.04 Å². The van der Waals surface area contributed by atoms with Crippen molar-refractivity contribution in [1.29, 1.82) is 0 Å². The standard InChI is InChI=1S/C10H15NO2S/c1-11-4-6-14-7-8(11)10(12)9-3-2-5-13-9/h2-3,5,8,10,12H,4,6-7H2,1H3. The van der Waals surface area contributed by atoms with Gasteiger partial charge in [0.15, 0.2) is 0 Å².